The number of benzene rings is 2. The van der Waals surface area contributed by atoms with Crippen molar-refractivity contribution in [2.45, 2.75) is 129 Å². The number of halogens is 4. The Hall–Kier alpha value is -2.83. The molecule has 0 atom stereocenters. The van der Waals surface area contributed by atoms with Gasteiger partial charge in [0.05, 0.1) is 5.41 Å². The number of para-hydroxylation sites is 2. The third-order valence-corrected chi connectivity index (χ3v) is 9.58. The molecule has 2 heterocycles. The molecule has 46 heavy (non-hydrogen) atoms. The molecule has 2 aromatic carbocycles. The monoisotopic (exact) mass is 640 g/mol. The van der Waals surface area contributed by atoms with E-state index in [-0.39, 0.29) is 15.5 Å². The van der Waals surface area contributed by atoms with Gasteiger partial charge in [0.25, 0.3) is 0 Å². The molecular weight excluding hydrogens is 583 g/mol. The summed E-state index contributed by atoms with van der Waals surface area (Å²) in [6, 6.07) is 18.1. The van der Waals surface area contributed by atoms with Crippen molar-refractivity contribution in [1.29, 1.82) is 0 Å². The zero-order valence-electron chi connectivity index (χ0n) is 29.2. The van der Waals surface area contributed by atoms with Crippen LogP contribution in [0.2, 0.25) is 0 Å². The van der Waals surface area contributed by atoms with Crippen LogP contribution in [0.3, 0.4) is 0 Å². The Bertz CT molecular complexity index is 1300. The average Bonchev–Trinajstić information content (AvgIpc) is 3.35. The van der Waals surface area contributed by atoms with Gasteiger partial charge in [0, 0.05) is 47.5 Å². The second kappa shape index (κ2) is 19.1. The van der Waals surface area contributed by atoms with Crippen molar-refractivity contribution in [2.75, 3.05) is 18.0 Å². The Morgan fingerprint density at radius 1 is 0.696 bits per heavy atom. The van der Waals surface area contributed by atoms with E-state index in [0.717, 1.165) is 13.1 Å². The van der Waals surface area contributed by atoms with E-state index in [9.17, 15) is 12.9 Å². The van der Waals surface area contributed by atoms with Crippen molar-refractivity contribution in [1.82, 2.24) is 0 Å². The predicted molar refractivity (Wildman–Crippen MR) is 189 cm³/mol. The molecule has 4 rings (SSSR count). The quantitative estimate of drug-likeness (QED) is 0.0769. The smallest absolute Gasteiger partial charge is 0.762 e. The van der Waals surface area contributed by atoms with Crippen LogP contribution in [0, 0.1) is 0 Å². The van der Waals surface area contributed by atoms with Gasteiger partial charge in [-0.15, -0.1) is 0 Å². The Balaban J connectivity index is 0.00000139. The SMILES string of the molecule is CCCCCCCCN1C(=CC=CC2=[N+](CCCCCCCC)c3ccccc3C2(C)C)C(C)(C)c2ccccc21.FB(F)F.[F-]. The van der Waals surface area contributed by atoms with Gasteiger partial charge in [0.2, 0.25) is 5.69 Å². The van der Waals surface area contributed by atoms with Gasteiger partial charge in [-0.2, -0.15) is 4.58 Å². The summed E-state index contributed by atoms with van der Waals surface area (Å²) in [4.78, 5) is 2.62. The minimum Gasteiger partial charge on any atom is -1.00 e. The van der Waals surface area contributed by atoms with Gasteiger partial charge < -0.3 is 9.60 Å². The van der Waals surface area contributed by atoms with Crippen LogP contribution < -0.4 is 9.60 Å². The van der Waals surface area contributed by atoms with Crippen molar-refractivity contribution in [3.8, 4) is 0 Å². The number of nitrogens with zero attached hydrogens (tertiary/aromatic N) is 2. The standard InChI is InChI=1S/C39H57N2.BF3.FH/c1-7-9-11-13-15-21-30-40-34-26-19-17-24-32(34)38(3,4)36(40)28-23-29-37-39(5,6)33-25-18-20-27-35(33)41(37)31-22-16-14-12-10-8-2;2-1(3)4;/h17-20,23-29H,7-16,21-22,30-31H2,1-6H3;;1H/q+1;;/p-1. The van der Waals surface area contributed by atoms with E-state index in [1.165, 1.54) is 111 Å². The molecule has 254 valence electrons. The fourth-order valence-electron chi connectivity index (χ4n) is 7.09. The normalized spacial score (nSPS) is 16.7. The largest absolute Gasteiger partial charge is 1.00 e. The topological polar surface area (TPSA) is 6.25 Å². The number of hydrogen-bond donors (Lipinski definition) is 0. The molecule has 0 saturated heterocycles. The molecule has 0 unspecified atom stereocenters. The van der Waals surface area contributed by atoms with Crippen LogP contribution in [0.5, 0.6) is 0 Å². The van der Waals surface area contributed by atoms with Crippen LogP contribution in [-0.2, 0) is 10.8 Å². The zero-order chi connectivity index (χ0) is 32.9. The average molecular weight is 641 g/mol. The summed E-state index contributed by atoms with van der Waals surface area (Å²) in [5.41, 5.74) is 8.57. The van der Waals surface area contributed by atoms with Crippen molar-refractivity contribution in [3.05, 3.63) is 83.6 Å². The Morgan fingerprint density at radius 2 is 1.22 bits per heavy atom. The highest BCUT2D eigenvalue weighted by Crippen LogP contribution is 2.48. The second-order valence-electron chi connectivity index (χ2n) is 13.7. The number of anilines is 1. The molecule has 7 heteroatoms. The van der Waals surface area contributed by atoms with E-state index in [4.69, 9.17) is 0 Å². The van der Waals surface area contributed by atoms with Crippen molar-refractivity contribution in [2.24, 2.45) is 0 Å². The maximum Gasteiger partial charge on any atom is 0.762 e. The fraction of sp³-hybridized carbons (Fsp3) is 0.564. The van der Waals surface area contributed by atoms with Crippen LogP contribution >= 0.6 is 0 Å². The fourth-order valence-corrected chi connectivity index (χ4v) is 7.09. The van der Waals surface area contributed by atoms with Gasteiger partial charge in [0.1, 0.15) is 6.54 Å². The second-order valence-corrected chi connectivity index (χ2v) is 13.7. The molecule has 2 aromatic rings. The number of allylic oxidation sites excluding steroid dienone is 4. The summed E-state index contributed by atoms with van der Waals surface area (Å²) >= 11 is 0. The third-order valence-electron chi connectivity index (χ3n) is 9.58. The minimum atomic E-state index is -3.67. The van der Waals surface area contributed by atoms with E-state index in [2.05, 4.69) is 118 Å². The summed E-state index contributed by atoms with van der Waals surface area (Å²) in [5, 5.41) is 0. The van der Waals surface area contributed by atoms with Gasteiger partial charge in [-0.3, -0.25) is 12.9 Å². The van der Waals surface area contributed by atoms with Gasteiger partial charge in [-0.1, -0.05) is 128 Å². The van der Waals surface area contributed by atoms with Gasteiger partial charge in [-0.25, -0.2) is 0 Å². The van der Waals surface area contributed by atoms with Crippen LogP contribution in [0.15, 0.2) is 72.5 Å². The molecule has 0 radical (unpaired) electrons. The summed E-state index contributed by atoms with van der Waals surface area (Å²) in [5.74, 6) is 0. The van der Waals surface area contributed by atoms with Crippen molar-refractivity contribution < 1.29 is 22.2 Å². The molecule has 0 aliphatic carbocycles. The van der Waals surface area contributed by atoms with Crippen LogP contribution in [0.4, 0.5) is 24.3 Å². The number of fused-ring (bicyclic) bond motifs is 2. The highest BCUT2D eigenvalue weighted by molar-refractivity contribution is 6.33. The summed E-state index contributed by atoms with van der Waals surface area (Å²) in [6.45, 7) is 16.4. The van der Waals surface area contributed by atoms with Crippen LogP contribution in [0.1, 0.15) is 130 Å². The molecule has 0 amide bonds. The molecule has 2 aliphatic rings. The molecule has 0 N–H and O–H groups in total. The lowest BCUT2D eigenvalue weighted by Crippen LogP contribution is -3.00. The van der Waals surface area contributed by atoms with Gasteiger partial charge >= 0.3 is 7.54 Å². The summed E-state index contributed by atoms with van der Waals surface area (Å²) < 4.78 is 31.6. The molecule has 0 fully saturated rings. The Kier molecular flexibility index (Phi) is 16.3. The van der Waals surface area contributed by atoms with E-state index >= 15 is 0 Å². The van der Waals surface area contributed by atoms with Gasteiger partial charge in [-0.05, 0) is 44.4 Å². The summed E-state index contributed by atoms with van der Waals surface area (Å²) in [6.07, 6.45) is 23.1. The van der Waals surface area contributed by atoms with E-state index in [1.807, 2.05) is 0 Å². The Morgan fingerprint density at radius 3 is 1.85 bits per heavy atom. The van der Waals surface area contributed by atoms with Crippen LogP contribution in [0.25, 0.3) is 0 Å². The predicted octanol–water partition coefficient (Wildman–Crippen LogP) is 8.91. The van der Waals surface area contributed by atoms with E-state index < -0.39 is 7.54 Å². The number of unbranched alkanes of at least 4 members (excludes halogenated alkanes) is 10. The molecule has 2 nitrogen and oxygen atoms in total. The first kappa shape index (κ1) is 39.4. The molecule has 0 saturated carbocycles. The lowest BCUT2D eigenvalue weighted by atomic mass is 9.81. The maximum absolute atomic E-state index is 9.67. The molecule has 0 aromatic heterocycles. The van der Waals surface area contributed by atoms with Crippen molar-refractivity contribution in [3.63, 3.8) is 0 Å². The molecular formula is C39H57BF4N2. The number of rotatable bonds is 16. The zero-order valence-corrected chi connectivity index (χ0v) is 29.2. The lowest BCUT2D eigenvalue weighted by Gasteiger charge is -2.27. The van der Waals surface area contributed by atoms with Crippen molar-refractivity contribution >= 4 is 24.6 Å². The first-order chi connectivity index (χ1) is 21.6. The van der Waals surface area contributed by atoms with Crippen LogP contribution in [-0.4, -0.2) is 30.9 Å². The summed E-state index contributed by atoms with van der Waals surface area (Å²) in [7, 11) is -3.67. The molecule has 2 aliphatic heterocycles. The van der Waals surface area contributed by atoms with E-state index in [0.29, 0.717) is 0 Å². The molecule has 0 spiro atoms. The first-order valence-electron chi connectivity index (χ1n) is 17.5. The molecule has 0 bridgehead atoms. The van der Waals surface area contributed by atoms with E-state index in [1.54, 1.807) is 0 Å². The maximum atomic E-state index is 9.67. The highest BCUT2D eigenvalue weighted by Gasteiger charge is 2.44. The third kappa shape index (κ3) is 10.1. The first-order valence-corrected chi connectivity index (χ1v) is 17.5. The van der Waals surface area contributed by atoms with Gasteiger partial charge in [0.15, 0.2) is 5.71 Å². The highest BCUT2D eigenvalue weighted by atomic mass is 19.4. The number of hydrogen-bond acceptors (Lipinski definition) is 1. The Labute approximate surface area is 277 Å². The lowest BCUT2D eigenvalue weighted by molar-refractivity contribution is -0.438. The minimum absolute atomic E-state index is 0.